The van der Waals surface area contributed by atoms with E-state index in [1.54, 1.807) is 29.2 Å². The molecule has 0 aromatic heterocycles. The number of rotatable bonds is 6. The van der Waals surface area contributed by atoms with E-state index in [1.165, 1.54) is 0 Å². The van der Waals surface area contributed by atoms with Gasteiger partial charge in [-0.3, -0.25) is 4.79 Å². The van der Waals surface area contributed by atoms with Crippen molar-refractivity contribution in [2.24, 2.45) is 0 Å². The molecule has 1 aromatic rings. The van der Waals surface area contributed by atoms with Crippen molar-refractivity contribution in [1.82, 2.24) is 0 Å². The molecule has 1 aromatic carbocycles. The molecule has 0 saturated carbocycles. The van der Waals surface area contributed by atoms with Crippen LogP contribution in [0.15, 0.2) is 29.2 Å². The Morgan fingerprint density at radius 2 is 1.59 bits per heavy atom. The molecule has 1 aliphatic heterocycles. The van der Waals surface area contributed by atoms with Crippen LogP contribution in [0.25, 0.3) is 0 Å². The van der Waals surface area contributed by atoms with Crippen molar-refractivity contribution in [1.29, 1.82) is 0 Å². The summed E-state index contributed by atoms with van der Waals surface area (Å²) in [5, 5.41) is 0. The van der Waals surface area contributed by atoms with E-state index in [0.29, 0.717) is 37.5 Å². The van der Waals surface area contributed by atoms with Gasteiger partial charge in [-0.05, 0) is 51.5 Å². The zero-order valence-electron chi connectivity index (χ0n) is 13.6. The molecule has 1 aliphatic rings. The van der Waals surface area contributed by atoms with E-state index in [0.717, 1.165) is 12.1 Å². The minimum Gasteiger partial charge on any atom is -0.312 e. The van der Waals surface area contributed by atoms with Gasteiger partial charge < -0.3 is 4.90 Å². The molecule has 1 fully saturated rings. The van der Waals surface area contributed by atoms with Gasteiger partial charge in [0.15, 0.2) is 0 Å². The van der Waals surface area contributed by atoms with Crippen molar-refractivity contribution in [2.45, 2.75) is 38.5 Å². The molecule has 1 heterocycles. The Labute approximate surface area is 133 Å². The summed E-state index contributed by atoms with van der Waals surface area (Å²) < 4.78 is 25.9. The molecular weight excluding hydrogens is 300 g/mol. The van der Waals surface area contributed by atoms with E-state index in [4.69, 9.17) is 0 Å². The van der Waals surface area contributed by atoms with Crippen LogP contribution in [0.5, 0.6) is 0 Å². The number of hydrogen-bond donors (Lipinski definition) is 0. The fourth-order valence-electron chi connectivity index (χ4n) is 3.12. The zero-order valence-corrected chi connectivity index (χ0v) is 14.4. The molecule has 0 atom stereocenters. The van der Waals surface area contributed by atoms with Crippen LogP contribution >= 0.6 is 0 Å². The van der Waals surface area contributed by atoms with E-state index in [-0.39, 0.29) is 9.80 Å². The van der Waals surface area contributed by atoms with Crippen molar-refractivity contribution < 1.29 is 17.1 Å². The molecule has 122 valence electrons. The van der Waals surface area contributed by atoms with Crippen LogP contribution in [0.4, 0.5) is 5.69 Å². The van der Waals surface area contributed by atoms with Crippen LogP contribution in [0, 0.1) is 0 Å². The standard InChI is InChI=1S/C16H25N2O3S/c1-4-18(5-2,6-3)22(20,21)15-11-9-14(10-12-15)17-13-7-8-16(17)19/h9-12H,4-8,13H2,1-3H3/q+1. The second kappa shape index (κ2) is 6.38. The number of anilines is 1. The van der Waals surface area contributed by atoms with Gasteiger partial charge in [0, 0.05) is 18.7 Å². The summed E-state index contributed by atoms with van der Waals surface area (Å²) >= 11 is 0. The highest BCUT2D eigenvalue weighted by atomic mass is 32.2. The Bertz CT molecular complexity index is 626. The number of sulfonamides is 1. The molecule has 22 heavy (non-hydrogen) atoms. The topological polar surface area (TPSA) is 54.5 Å². The van der Waals surface area contributed by atoms with Crippen molar-refractivity contribution in [2.75, 3.05) is 31.1 Å². The van der Waals surface area contributed by atoms with E-state index in [2.05, 4.69) is 0 Å². The van der Waals surface area contributed by atoms with Gasteiger partial charge in [0.05, 0.1) is 19.6 Å². The van der Waals surface area contributed by atoms with Crippen molar-refractivity contribution in [3.8, 4) is 0 Å². The van der Waals surface area contributed by atoms with E-state index < -0.39 is 10.0 Å². The maximum absolute atomic E-state index is 12.9. The maximum Gasteiger partial charge on any atom is 0.327 e. The summed E-state index contributed by atoms with van der Waals surface area (Å²) in [4.78, 5) is 13.8. The van der Waals surface area contributed by atoms with Gasteiger partial charge in [0.25, 0.3) is 0 Å². The second-order valence-electron chi connectivity index (χ2n) is 5.62. The first kappa shape index (κ1) is 17.0. The minimum absolute atomic E-state index is 0.0506. The van der Waals surface area contributed by atoms with E-state index >= 15 is 0 Å². The molecule has 0 aliphatic carbocycles. The Morgan fingerprint density at radius 3 is 2.00 bits per heavy atom. The summed E-state index contributed by atoms with van der Waals surface area (Å²) in [6, 6.07) is 6.74. The number of hydrogen-bond acceptors (Lipinski definition) is 3. The smallest absolute Gasteiger partial charge is 0.312 e. The molecule has 0 spiro atoms. The zero-order chi connectivity index (χ0) is 16.4. The Hall–Kier alpha value is -1.40. The van der Waals surface area contributed by atoms with Crippen molar-refractivity contribution in [3.63, 3.8) is 0 Å². The molecule has 6 heteroatoms. The first-order chi connectivity index (χ1) is 10.4. The summed E-state index contributed by atoms with van der Waals surface area (Å²) in [6.07, 6.45) is 1.43. The lowest BCUT2D eigenvalue weighted by Gasteiger charge is -2.33. The lowest BCUT2D eigenvalue weighted by molar-refractivity contribution is -0.800. The van der Waals surface area contributed by atoms with Gasteiger partial charge in [-0.15, -0.1) is 0 Å². The van der Waals surface area contributed by atoms with Gasteiger partial charge in [-0.2, -0.15) is 8.42 Å². The summed E-state index contributed by atoms with van der Waals surface area (Å²) in [5.74, 6) is 0.108. The first-order valence-corrected chi connectivity index (χ1v) is 9.37. The quantitative estimate of drug-likeness (QED) is 0.755. The molecular formula is C16H25N2O3S+. The number of carbonyl (C=O) groups is 1. The largest absolute Gasteiger partial charge is 0.327 e. The highest BCUT2D eigenvalue weighted by molar-refractivity contribution is 7.86. The summed E-state index contributed by atoms with van der Waals surface area (Å²) in [6.45, 7) is 8.06. The Morgan fingerprint density at radius 1 is 1.05 bits per heavy atom. The molecule has 1 amide bonds. The van der Waals surface area contributed by atoms with E-state index in [9.17, 15) is 13.2 Å². The lowest BCUT2D eigenvalue weighted by atomic mass is 10.3. The predicted octanol–water partition coefficient (Wildman–Crippen LogP) is 2.38. The third kappa shape index (κ3) is 2.65. The highest BCUT2D eigenvalue weighted by Gasteiger charge is 2.38. The van der Waals surface area contributed by atoms with Gasteiger partial charge in [0.2, 0.25) is 5.91 Å². The number of quaternary nitrogens is 1. The van der Waals surface area contributed by atoms with Crippen LogP contribution in [0.3, 0.4) is 0 Å². The number of nitrogens with zero attached hydrogens (tertiary/aromatic N) is 2. The Kier molecular flexibility index (Phi) is 4.92. The molecule has 0 N–H and O–H groups in total. The monoisotopic (exact) mass is 325 g/mol. The van der Waals surface area contributed by atoms with Gasteiger partial charge in [-0.25, -0.2) is 3.89 Å². The molecule has 0 bridgehead atoms. The van der Waals surface area contributed by atoms with Crippen molar-refractivity contribution in [3.05, 3.63) is 24.3 Å². The van der Waals surface area contributed by atoms with Gasteiger partial charge >= 0.3 is 10.0 Å². The average Bonchev–Trinajstić information content (AvgIpc) is 2.95. The summed E-state index contributed by atoms with van der Waals surface area (Å²) in [7, 11) is -3.43. The predicted molar refractivity (Wildman–Crippen MR) is 87.1 cm³/mol. The van der Waals surface area contributed by atoms with Crippen molar-refractivity contribution >= 4 is 21.6 Å². The number of amides is 1. The minimum atomic E-state index is -3.43. The van der Waals surface area contributed by atoms with Gasteiger partial charge in [-0.1, -0.05) is 0 Å². The lowest BCUT2D eigenvalue weighted by Crippen LogP contribution is -2.52. The third-order valence-corrected chi connectivity index (χ3v) is 7.42. The summed E-state index contributed by atoms with van der Waals surface area (Å²) in [5.41, 5.74) is 0.782. The first-order valence-electron chi connectivity index (χ1n) is 7.93. The second-order valence-corrected chi connectivity index (χ2v) is 7.82. The normalized spacial score (nSPS) is 16.3. The Balaban J connectivity index is 2.35. The van der Waals surface area contributed by atoms with E-state index in [1.807, 2.05) is 20.8 Å². The van der Waals surface area contributed by atoms with Crippen LogP contribution in [-0.4, -0.2) is 44.4 Å². The van der Waals surface area contributed by atoms with Crippen LogP contribution < -0.4 is 4.90 Å². The third-order valence-electron chi connectivity index (χ3n) is 4.76. The molecule has 5 nitrogen and oxygen atoms in total. The van der Waals surface area contributed by atoms with Gasteiger partial charge in [0.1, 0.15) is 4.90 Å². The fraction of sp³-hybridized carbons (Fsp3) is 0.562. The molecule has 0 unspecified atom stereocenters. The average molecular weight is 325 g/mol. The molecule has 0 radical (unpaired) electrons. The number of carbonyl (C=O) groups excluding carboxylic acids is 1. The maximum atomic E-state index is 12.9. The highest BCUT2D eigenvalue weighted by Crippen LogP contribution is 2.27. The van der Waals surface area contributed by atoms with Crippen LogP contribution in [-0.2, 0) is 14.8 Å². The van der Waals surface area contributed by atoms with Crippen LogP contribution in [0.1, 0.15) is 33.6 Å². The fourth-order valence-corrected chi connectivity index (χ4v) is 5.07. The number of benzene rings is 1. The SMILES string of the molecule is CC[N+](CC)(CC)S(=O)(=O)c1ccc(N2CCCC2=O)cc1. The molecule has 1 saturated heterocycles. The van der Waals surface area contributed by atoms with Crippen LogP contribution in [0.2, 0.25) is 0 Å². The molecule has 2 rings (SSSR count).